The zero-order valence-electron chi connectivity index (χ0n) is 39.2. The molecule has 424 valence electrons. The summed E-state index contributed by atoms with van der Waals surface area (Å²) >= 11 is 0. The molecule has 0 aliphatic heterocycles. The number of benzene rings is 6. The van der Waals surface area contributed by atoms with Crippen LogP contribution in [0.15, 0.2) is 151 Å². The fourth-order valence-electron chi connectivity index (χ4n) is 8.53. The van der Waals surface area contributed by atoms with E-state index in [1.165, 1.54) is 5.56 Å². The first kappa shape index (κ1) is 61.3. The number of nitrogens with zero attached hydrogens (tertiary/aromatic N) is 5. The number of hydrogen-bond acceptors (Lipinski definition) is 2. The van der Waals surface area contributed by atoms with Crippen molar-refractivity contribution in [1.29, 1.82) is 0 Å². The summed E-state index contributed by atoms with van der Waals surface area (Å²) in [4.78, 5) is 7.25. The van der Waals surface area contributed by atoms with Gasteiger partial charge < -0.3 is 0 Å². The Bertz CT molecular complexity index is 2970. The maximum atomic E-state index is 14.2. The summed E-state index contributed by atoms with van der Waals surface area (Å²) < 4.78 is 343. The number of rotatable bonds is 9. The maximum Gasteiger partial charge on any atom is 0.416 e. The lowest BCUT2D eigenvalue weighted by molar-refractivity contribution is -0.689. The van der Waals surface area contributed by atoms with Gasteiger partial charge in [0.2, 0.25) is 0 Å². The summed E-state index contributed by atoms with van der Waals surface area (Å²) in [6.45, 7) is 0.815. The molecule has 7 rings (SSSR count). The summed E-state index contributed by atoms with van der Waals surface area (Å²) in [5, 5.41) is 3.64. The van der Waals surface area contributed by atoms with Crippen molar-refractivity contribution in [3.63, 3.8) is 0 Å². The molecular formula is C50H28BF24N5. The zero-order valence-corrected chi connectivity index (χ0v) is 39.2. The van der Waals surface area contributed by atoms with Crippen LogP contribution in [0.25, 0.3) is 10.4 Å². The third-order valence-electron chi connectivity index (χ3n) is 11.9. The molecule has 0 saturated heterocycles. The predicted molar refractivity (Wildman–Crippen MR) is 238 cm³/mol. The van der Waals surface area contributed by atoms with Crippen molar-refractivity contribution in [3.05, 3.63) is 218 Å². The molecule has 7 aromatic rings. The van der Waals surface area contributed by atoms with Crippen LogP contribution in [-0.4, -0.2) is 11.1 Å². The van der Waals surface area contributed by atoms with Crippen molar-refractivity contribution in [1.82, 2.24) is 4.98 Å². The van der Waals surface area contributed by atoms with Gasteiger partial charge in [-0.05, 0) is 41.4 Å². The Labute approximate surface area is 433 Å². The van der Waals surface area contributed by atoms with Crippen molar-refractivity contribution in [2.75, 3.05) is 0 Å². The number of azide groups is 1. The van der Waals surface area contributed by atoms with Gasteiger partial charge >= 0.3 is 49.4 Å². The minimum Gasteiger partial charge on any atom is -0.248 e. The molecule has 0 N–H and O–H groups in total. The Morgan fingerprint density at radius 2 is 0.713 bits per heavy atom. The van der Waals surface area contributed by atoms with Crippen LogP contribution < -0.4 is 26.4 Å². The van der Waals surface area contributed by atoms with Gasteiger partial charge in [-0.1, -0.05) is 102 Å². The third kappa shape index (κ3) is 14.7. The van der Waals surface area contributed by atoms with Crippen LogP contribution in [0.2, 0.25) is 0 Å². The second kappa shape index (κ2) is 22.0. The number of halogens is 24. The standard InChI is InChI=1S/C32H12BF24.C18H16N5/c34-25(35,36)13-1-14(26(37,38)39)6-21(5-13)33(22-7-15(27(40,41)42)2-16(8-22)28(43,44)45,23-9-17(29(46,47)48)3-18(10-23)30(49,50)51)24-11-19(31(52,53)54)4-20(12-24)32(55,56)57;19-22-21-17-8-4-7-16(11-17)12-18-14-23(10-9-20-18)13-15-5-2-1-3-6-15/h1-12H;1-11,14H,12-13H2/q-1;+1. The molecular weight excluding hydrogens is 1140 g/mol. The normalized spacial score (nSPS) is 13.1. The topological polar surface area (TPSA) is 65.5 Å². The highest BCUT2D eigenvalue weighted by molar-refractivity contribution is 7.20. The summed E-state index contributed by atoms with van der Waals surface area (Å²) in [6.07, 6.45) is -48.3. The monoisotopic (exact) mass is 1170 g/mol. The Balaban J connectivity index is 0.000000370. The van der Waals surface area contributed by atoms with Crippen LogP contribution in [0.1, 0.15) is 61.3 Å². The van der Waals surface area contributed by atoms with E-state index in [1.54, 1.807) is 6.07 Å². The minimum atomic E-state index is -6.13. The van der Waals surface area contributed by atoms with E-state index in [9.17, 15) is 105 Å². The third-order valence-corrected chi connectivity index (χ3v) is 11.9. The first-order chi connectivity index (χ1) is 36.6. The van der Waals surface area contributed by atoms with Crippen LogP contribution in [-0.2, 0) is 62.4 Å². The lowest BCUT2D eigenvalue weighted by Crippen LogP contribution is -2.75. The Morgan fingerprint density at radius 1 is 0.400 bits per heavy atom. The molecule has 0 amide bonds. The van der Waals surface area contributed by atoms with Gasteiger partial charge in [-0.2, -0.15) is 132 Å². The van der Waals surface area contributed by atoms with Gasteiger partial charge in [0.1, 0.15) is 11.8 Å². The van der Waals surface area contributed by atoms with Gasteiger partial charge in [-0.15, -0.1) is 0 Å². The van der Waals surface area contributed by atoms with Gasteiger partial charge in [0.25, 0.3) is 0 Å². The van der Waals surface area contributed by atoms with Crippen molar-refractivity contribution in [2.45, 2.75) is 62.4 Å². The quantitative estimate of drug-likeness (QED) is 0.0355. The average Bonchev–Trinajstić information content (AvgIpc) is 3.33. The molecule has 30 heteroatoms. The van der Waals surface area contributed by atoms with Gasteiger partial charge in [0, 0.05) is 22.6 Å². The molecule has 0 aliphatic carbocycles. The van der Waals surface area contributed by atoms with Gasteiger partial charge in [0.15, 0.2) is 18.9 Å². The Morgan fingerprint density at radius 3 is 1.01 bits per heavy atom. The second-order valence-electron chi connectivity index (χ2n) is 17.5. The van der Waals surface area contributed by atoms with E-state index in [1.807, 2.05) is 55.0 Å². The highest BCUT2D eigenvalue weighted by Gasteiger charge is 2.47. The second-order valence-corrected chi connectivity index (χ2v) is 17.5. The van der Waals surface area contributed by atoms with Gasteiger partial charge in [-0.25, -0.2) is 4.98 Å². The van der Waals surface area contributed by atoms with Crippen LogP contribution in [0.5, 0.6) is 0 Å². The first-order valence-corrected chi connectivity index (χ1v) is 22.0. The number of hydrogen-bond donors (Lipinski definition) is 0. The smallest absolute Gasteiger partial charge is 0.248 e. The van der Waals surface area contributed by atoms with Crippen LogP contribution in [0.3, 0.4) is 0 Å². The van der Waals surface area contributed by atoms with Crippen molar-refractivity contribution < 1.29 is 110 Å². The largest absolute Gasteiger partial charge is 0.416 e. The molecule has 0 fully saturated rings. The first-order valence-electron chi connectivity index (χ1n) is 22.0. The van der Waals surface area contributed by atoms with E-state index in [0.717, 1.165) is 17.8 Å². The molecule has 5 nitrogen and oxygen atoms in total. The maximum absolute atomic E-state index is 14.2. The molecule has 0 radical (unpaired) electrons. The van der Waals surface area contributed by atoms with Crippen molar-refractivity contribution in [3.8, 4) is 0 Å². The predicted octanol–water partition coefficient (Wildman–Crippen LogP) is 15.2. The van der Waals surface area contributed by atoms with Crippen LogP contribution in [0, 0.1) is 0 Å². The fraction of sp³-hybridized carbons (Fsp3) is 0.200. The Kier molecular flexibility index (Phi) is 16.8. The SMILES string of the molecule is FC(F)(F)c1cc([B-](c2cc(C(F)(F)F)cc(C(F)(F)F)c2)(c2cc(C(F)(F)F)cc(C(F)(F)F)c2)c2cc(C(F)(F)F)cc(C(F)(F)F)c2)cc(C(F)(F)F)c1.[N-]=[N+]=Nc1cccc(Cc2c[n+](Cc3ccccc3)ccn2)c1. The van der Waals surface area contributed by atoms with E-state index in [2.05, 4.69) is 31.7 Å². The highest BCUT2D eigenvalue weighted by atomic mass is 19.4. The molecule has 80 heavy (non-hydrogen) atoms. The molecule has 0 unspecified atom stereocenters. The summed E-state index contributed by atoms with van der Waals surface area (Å²) in [5.74, 6) is 0. The lowest BCUT2D eigenvalue weighted by atomic mass is 9.12. The summed E-state index contributed by atoms with van der Waals surface area (Å²) in [7, 11) is 0. The van der Waals surface area contributed by atoms with Crippen LogP contribution in [0.4, 0.5) is 111 Å². The molecule has 1 heterocycles. The average molecular weight is 1170 g/mol. The minimum absolute atomic E-state index is 0.623. The van der Waals surface area contributed by atoms with Gasteiger partial charge in [-0.3, -0.25) is 0 Å². The molecule has 0 spiro atoms. The summed E-state index contributed by atoms with van der Waals surface area (Å²) in [5.41, 5.74) is -17.8. The van der Waals surface area contributed by atoms with E-state index in [4.69, 9.17) is 5.53 Å². The highest BCUT2D eigenvalue weighted by Crippen LogP contribution is 2.41. The van der Waals surface area contributed by atoms with E-state index in [0.29, 0.717) is 12.1 Å². The van der Waals surface area contributed by atoms with E-state index < -0.39 is 195 Å². The van der Waals surface area contributed by atoms with E-state index >= 15 is 0 Å². The van der Waals surface area contributed by atoms with Crippen molar-refractivity contribution >= 4 is 33.7 Å². The Hall–Kier alpha value is -7.91. The lowest BCUT2D eigenvalue weighted by Gasteiger charge is -2.46. The molecule has 0 aliphatic rings. The van der Waals surface area contributed by atoms with Crippen molar-refractivity contribution in [2.24, 2.45) is 5.11 Å². The molecule has 1 aromatic heterocycles. The van der Waals surface area contributed by atoms with E-state index in [-0.39, 0.29) is 0 Å². The van der Waals surface area contributed by atoms with Crippen LogP contribution >= 0.6 is 0 Å². The summed E-state index contributed by atoms with van der Waals surface area (Å²) in [6, 6.07) is 9.07. The molecule has 6 aromatic carbocycles. The van der Waals surface area contributed by atoms with Gasteiger partial charge in [0.05, 0.1) is 50.7 Å². The zero-order chi connectivity index (χ0) is 59.8. The number of alkyl halides is 24. The molecule has 0 saturated carbocycles. The molecule has 0 bridgehead atoms. The molecule has 0 atom stereocenters. The fourth-order valence-corrected chi connectivity index (χ4v) is 8.53. The number of aromatic nitrogens is 2.